The van der Waals surface area contributed by atoms with Gasteiger partial charge in [0.15, 0.2) is 0 Å². The summed E-state index contributed by atoms with van der Waals surface area (Å²) in [6.45, 7) is 2.19. The van der Waals surface area contributed by atoms with Crippen LogP contribution in [0, 0.1) is 11.3 Å². The minimum atomic E-state index is 0.315. The lowest BCUT2D eigenvalue weighted by Gasteiger charge is -2.24. The van der Waals surface area contributed by atoms with Gasteiger partial charge in [0.2, 0.25) is 5.91 Å². The first-order valence-corrected chi connectivity index (χ1v) is 6.96. The molecule has 0 aromatic rings. The molecule has 2 fully saturated rings. The predicted octanol–water partition coefficient (Wildman–Crippen LogP) is 1.60. The van der Waals surface area contributed by atoms with E-state index >= 15 is 0 Å². The summed E-state index contributed by atoms with van der Waals surface area (Å²) < 4.78 is 0. The van der Waals surface area contributed by atoms with Gasteiger partial charge < -0.3 is 10.6 Å². The molecule has 1 saturated carbocycles. The maximum absolute atomic E-state index is 12.2. The van der Waals surface area contributed by atoms with Gasteiger partial charge in [-0.05, 0) is 57.0 Å². The van der Waals surface area contributed by atoms with Gasteiger partial charge in [-0.3, -0.25) is 4.79 Å². The third kappa shape index (κ3) is 2.25. The fourth-order valence-corrected chi connectivity index (χ4v) is 3.42. The molecule has 3 aliphatic rings. The van der Waals surface area contributed by atoms with Crippen molar-refractivity contribution in [2.45, 2.75) is 44.6 Å². The minimum absolute atomic E-state index is 0.315. The maximum Gasteiger partial charge on any atom is 0.223 e. The zero-order chi connectivity index (χ0) is 11.7. The Morgan fingerprint density at radius 3 is 2.82 bits per heavy atom. The number of carbonyl (C=O) groups excluding carboxylic acids is 1. The molecule has 1 amide bonds. The van der Waals surface area contributed by atoms with E-state index in [0.29, 0.717) is 23.3 Å². The number of nitrogens with one attached hydrogen (secondary N) is 2. The highest BCUT2D eigenvalue weighted by atomic mass is 16.2. The molecule has 17 heavy (non-hydrogen) atoms. The van der Waals surface area contributed by atoms with Gasteiger partial charge in [-0.1, -0.05) is 12.2 Å². The van der Waals surface area contributed by atoms with Crippen LogP contribution in [0.2, 0.25) is 0 Å². The van der Waals surface area contributed by atoms with Gasteiger partial charge in [0.05, 0.1) is 0 Å². The molecular weight excluding hydrogens is 212 g/mol. The number of carbonyl (C=O) groups is 1. The Labute approximate surface area is 103 Å². The molecule has 3 rings (SSSR count). The molecular formula is C14H22N2O. The van der Waals surface area contributed by atoms with E-state index < -0.39 is 0 Å². The first kappa shape index (κ1) is 11.3. The Morgan fingerprint density at radius 1 is 1.29 bits per heavy atom. The van der Waals surface area contributed by atoms with Crippen molar-refractivity contribution < 1.29 is 4.79 Å². The fourth-order valence-electron chi connectivity index (χ4n) is 3.42. The molecule has 1 aliphatic heterocycles. The van der Waals surface area contributed by atoms with Gasteiger partial charge in [0.25, 0.3) is 0 Å². The van der Waals surface area contributed by atoms with Crippen LogP contribution in [-0.2, 0) is 4.79 Å². The molecule has 2 unspecified atom stereocenters. The Morgan fingerprint density at radius 2 is 2.12 bits per heavy atom. The smallest absolute Gasteiger partial charge is 0.223 e. The van der Waals surface area contributed by atoms with Crippen LogP contribution in [0.25, 0.3) is 0 Å². The number of hydrogen-bond donors (Lipinski definition) is 2. The van der Waals surface area contributed by atoms with Crippen LogP contribution in [-0.4, -0.2) is 25.0 Å². The summed E-state index contributed by atoms with van der Waals surface area (Å²) in [6, 6.07) is 0.395. The second-order valence-electron chi connectivity index (χ2n) is 5.86. The number of amides is 1. The number of hydrogen-bond acceptors (Lipinski definition) is 2. The van der Waals surface area contributed by atoms with Crippen molar-refractivity contribution in [1.29, 1.82) is 0 Å². The maximum atomic E-state index is 12.2. The second-order valence-corrected chi connectivity index (χ2v) is 5.86. The molecule has 1 heterocycles. The van der Waals surface area contributed by atoms with E-state index in [1.165, 1.54) is 12.8 Å². The molecule has 2 aliphatic carbocycles. The first-order valence-electron chi connectivity index (χ1n) is 6.96. The molecule has 3 nitrogen and oxygen atoms in total. The van der Waals surface area contributed by atoms with Crippen LogP contribution in [0.5, 0.6) is 0 Å². The Balaban J connectivity index is 1.52. The van der Waals surface area contributed by atoms with Gasteiger partial charge >= 0.3 is 0 Å². The zero-order valence-corrected chi connectivity index (χ0v) is 10.4. The average molecular weight is 234 g/mol. The lowest BCUT2D eigenvalue weighted by Crippen LogP contribution is -2.39. The number of allylic oxidation sites excluding steroid dienone is 1. The average Bonchev–Trinajstić information content (AvgIpc) is 3.05. The predicted molar refractivity (Wildman–Crippen MR) is 67.6 cm³/mol. The van der Waals surface area contributed by atoms with Crippen molar-refractivity contribution in [3.05, 3.63) is 12.2 Å². The highest BCUT2D eigenvalue weighted by molar-refractivity contribution is 5.82. The lowest BCUT2D eigenvalue weighted by molar-refractivity contribution is -0.124. The molecule has 3 heteroatoms. The summed E-state index contributed by atoms with van der Waals surface area (Å²) in [6.07, 6.45) is 11.2. The number of piperidine rings is 1. The van der Waals surface area contributed by atoms with Crippen molar-refractivity contribution in [3.8, 4) is 0 Å². The first-order chi connectivity index (χ1) is 8.30. The summed E-state index contributed by atoms with van der Waals surface area (Å²) in [4.78, 5) is 12.2. The summed E-state index contributed by atoms with van der Waals surface area (Å²) >= 11 is 0. The minimum Gasteiger partial charge on any atom is -0.353 e. The van der Waals surface area contributed by atoms with Gasteiger partial charge in [0, 0.05) is 12.0 Å². The van der Waals surface area contributed by atoms with E-state index in [1.54, 1.807) is 0 Å². The highest BCUT2D eigenvalue weighted by Gasteiger charge is 2.57. The normalized spacial score (nSPS) is 34.6. The van der Waals surface area contributed by atoms with E-state index in [4.69, 9.17) is 0 Å². The summed E-state index contributed by atoms with van der Waals surface area (Å²) in [5.74, 6) is 0.641. The fraction of sp³-hybridized carbons (Fsp3) is 0.786. The molecule has 1 spiro atoms. The van der Waals surface area contributed by atoms with E-state index in [1.807, 2.05) is 0 Å². The van der Waals surface area contributed by atoms with Crippen molar-refractivity contribution in [2.75, 3.05) is 13.1 Å². The van der Waals surface area contributed by atoms with Gasteiger partial charge in [-0.15, -0.1) is 0 Å². The van der Waals surface area contributed by atoms with Crippen molar-refractivity contribution >= 4 is 5.91 Å². The van der Waals surface area contributed by atoms with Gasteiger partial charge in [0.1, 0.15) is 0 Å². The Hall–Kier alpha value is -0.830. The van der Waals surface area contributed by atoms with Gasteiger partial charge in [-0.2, -0.15) is 0 Å². The van der Waals surface area contributed by atoms with Crippen molar-refractivity contribution in [3.63, 3.8) is 0 Å². The summed E-state index contributed by atoms with van der Waals surface area (Å²) in [5.41, 5.74) is 0.375. The third-order valence-electron chi connectivity index (χ3n) is 4.72. The molecule has 2 N–H and O–H groups in total. The molecule has 1 saturated heterocycles. The molecule has 94 valence electrons. The molecule has 0 aromatic carbocycles. The molecule has 2 atom stereocenters. The molecule has 0 radical (unpaired) electrons. The second kappa shape index (κ2) is 4.45. The van der Waals surface area contributed by atoms with Crippen LogP contribution >= 0.6 is 0 Å². The molecule has 0 aromatic heterocycles. The van der Waals surface area contributed by atoms with Gasteiger partial charge in [-0.25, -0.2) is 0 Å². The largest absolute Gasteiger partial charge is 0.353 e. The van der Waals surface area contributed by atoms with E-state index in [0.717, 1.165) is 38.8 Å². The van der Waals surface area contributed by atoms with Crippen LogP contribution in [0.4, 0.5) is 0 Å². The van der Waals surface area contributed by atoms with Crippen LogP contribution in [0.3, 0.4) is 0 Å². The van der Waals surface area contributed by atoms with Crippen LogP contribution in [0.15, 0.2) is 12.2 Å². The van der Waals surface area contributed by atoms with E-state index in [-0.39, 0.29) is 0 Å². The highest BCUT2D eigenvalue weighted by Crippen LogP contribution is 2.58. The van der Waals surface area contributed by atoms with Crippen LogP contribution < -0.4 is 10.6 Å². The Bertz CT molecular complexity index is 331. The number of rotatable bonds is 2. The Kier molecular flexibility index (Phi) is 2.95. The lowest BCUT2D eigenvalue weighted by atomic mass is 9.91. The topological polar surface area (TPSA) is 41.1 Å². The third-order valence-corrected chi connectivity index (χ3v) is 4.72. The summed E-state index contributed by atoms with van der Waals surface area (Å²) in [7, 11) is 0. The molecule has 0 bridgehead atoms. The van der Waals surface area contributed by atoms with E-state index in [2.05, 4.69) is 22.8 Å². The van der Waals surface area contributed by atoms with E-state index in [9.17, 15) is 4.79 Å². The van der Waals surface area contributed by atoms with Crippen molar-refractivity contribution in [1.82, 2.24) is 10.6 Å². The van der Waals surface area contributed by atoms with Crippen molar-refractivity contribution in [2.24, 2.45) is 11.3 Å². The zero-order valence-electron chi connectivity index (χ0n) is 10.4. The quantitative estimate of drug-likeness (QED) is 0.713. The standard InChI is InChI=1S/C14H22N2O/c17-13(16-11-4-2-1-3-5-11)12-10-14(12)6-8-15-9-7-14/h1-2,11-12,15H,3-10H2,(H,16,17). The SMILES string of the molecule is O=C(NC1CC=CCC1)C1CC12CCNCC2. The summed E-state index contributed by atoms with van der Waals surface area (Å²) in [5, 5.41) is 6.62. The van der Waals surface area contributed by atoms with Crippen LogP contribution in [0.1, 0.15) is 38.5 Å². The monoisotopic (exact) mass is 234 g/mol.